The van der Waals surface area contributed by atoms with E-state index >= 15 is 0 Å². The summed E-state index contributed by atoms with van der Waals surface area (Å²) in [5.74, 6) is -0.152. The van der Waals surface area contributed by atoms with E-state index in [0.717, 1.165) is 83.5 Å². The first kappa shape index (κ1) is 56.8. The van der Waals surface area contributed by atoms with Crippen LogP contribution in [-0.4, -0.2) is 47.4 Å². The number of carbonyl (C=O) groups is 2. The summed E-state index contributed by atoms with van der Waals surface area (Å²) in [5.41, 5.74) is 0. The van der Waals surface area contributed by atoms with E-state index in [1.165, 1.54) is 212 Å². The molecular weight excluding hydrogens is 911 g/mol. The summed E-state index contributed by atoms with van der Waals surface area (Å²) in [6, 6.07) is -0.739. The highest BCUT2D eigenvalue weighted by Gasteiger charge is 2.18. The molecule has 0 aromatic carbocycles. The van der Waals surface area contributed by atoms with E-state index in [0.29, 0.717) is 32.3 Å². The quantitative estimate of drug-likeness (QED) is 0.0320. The lowest BCUT2D eigenvalue weighted by atomic mass is 10.0. The van der Waals surface area contributed by atoms with Crippen LogP contribution in [0.1, 0.15) is 373 Å². The Kier molecular flexibility index (Phi) is 48.8. The van der Waals surface area contributed by atoms with Gasteiger partial charge in [0.2, 0.25) is 5.91 Å². The first-order valence-electron chi connectivity index (χ1n) is 36.6. The Morgan fingerprint density at radius 1 is 0.459 bits per heavy atom. The molecule has 74 heavy (non-hydrogen) atoms. The number of amides is 1. The van der Waals surface area contributed by atoms with Gasteiger partial charge in [-0.1, -0.05) is 320 Å². The fraction of sp³-hybridized carbons (Fsp3) is 0.882. The SMILES string of the molecule is [2H]C([2H])([2H])C([2H])([2H])C([2H])([2H])C([2H])([2H])CCCCCCCCC/C=C/[C@@H](O)[C@H](CO)NC(=O)CCCCCCCCCCCCCCCCCCCCCCCCCCCCCCCOC(=O)CCCCCCC/C=C\C/C=C\CCCCC. The Balaban J connectivity index is 3.49. The summed E-state index contributed by atoms with van der Waals surface area (Å²) < 4.78 is 74.9. The number of carbonyl (C=O) groups excluding carboxylic acids is 2. The number of allylic oxidation sites excluding steroid dienone is 5. The van der Waals surface area contributed by atoms with Gasteiger partial charge in [0.15, 0.2) is 0 Å². The van der Waals surface area contributed by atoms with Crippen molar-refractivity contribution in [3.05, 3.63) is 36.5 Å². The lowest BCUT2D eigenvalue weighted by Crippen LogP contribution is -2.45. The van der Waals surface area contributed by atoms with Crippen molar-refractivity contribution in [2.45, 2.75) is 373 Å². The van der Waals surface area contributed by atoms with Crippen molar-refractivity contribution in [3.63, 3.8) is 0 Å². The van der Waals surface area contributed by atoms with Crippen LogP contribution in [0, 0.1) is 0 Å². The molecule has 436 valence electrons. The lowest BCUT2D eigenvalue weighted by Gasteiger charge is -2.20. The predicted molar refractivity (Wildman–Crippen MR) is 324 cm³/mol. The van der Waals surface area contributed by atoms with Crippen LogP contribution in [0.4, 0.5) is 0 Å². The maximum absolute atomic E-state index is 12.5. The summed E-state index contributed by atoms with van der Waals surface area (Å²) >= 11 is 0. The van der Waals surface area contributed by atoms with Gasteiger partial charge in [-0.25, -0.2) is 0 Å². The van der Waals surface area contributed by atoms with Crippen molar-refractivity contribution in [3.8, 4) is 0 Å². The normalized spacial score (nSPS) is 15.3. The maximum atomic E-state index is 12.5. The van der Waals surface area contributed by atoms with Gasteiger partial charge in [0, 0.05) is 25.2 Å². The van der Waals surface area contributed by atoms with Crippen molar-refractivity contribution >= 4 is 11.9 Å². The van der Waals surface area contributed by atoms with Gasteiger partial charge in [-0.05, 0) is 64.2 Å². The van der Waals surface area contributed by atoms with E-state index in [1.54, 1.807) is 6.08 Å². The maximum Gasteiger partial charge on any atom is 0.305 e. The molecule has 2 atom stereocenters. The van der Waals surface area contributed by atoms with Crippen LogP contribution in [0.5, 0.6) is 0 Å². The molecule has 0 saturated heterocycles. The second kappa shape index (κ2) is 63.6. The minimum absolute atomic E-state index is 0.00550. The highest BCUT2D eigenvalue weighted by Crippen LogP contribution is 2.18. The van der Waals surface area contributed by atoms with Gasteiger partial charge in [-0.15, -0.1) is 0 Å². The van der Waals surface area contributed by atoms with Gasteiger partial charge in [-0.3, -0.25) is 9.59 Å². The van der Waals surface area contributed by atoms with Crippen LogP contribution in [0.3, 0.4) is 0 Å². The molecule has 0 aliphatic carbocycles. The molecule has 3 N–H and O–H groups in total. The number of aliphatic hydroxyl groups excluding tert-OH is 2. The first-order valence-corrected chi connectivity index (χ1v) is 32.1. The number of esters is 1. The molecule has 0 rings (SSSR count). The largest absolute Gasteiger partial charge is 0.466 e. The topological polar surface area (TPSA) is 95.9 Å². The van der Waals surface area contributed by atoms with Gasteiger partial charge in [0.05, 0.1) is 25.4 Å². The first-order chi connectivity index (χ1) is 39.9. The molecule has 0 bridgehead atoms. The van der Waals surface area contributed by atoms with E-state index in [-0.39, 0.29) is 24.9 Å². The number of hydrogen-bond acceptors (Lipinski definition) is 5. The minimum atomic E-state index is -3.31. The number of ether oxygens (including phenoxy) is 1. The summed E-state index contributed by atoms with van der Waals surface area (Å²) in [4.78, 5) is 24.6. The van der Waals surface area contributed by atoms with Gasteiger partial charge in [0.25, 0.3) is 0 Å². The predicted octanol–water partition coefficient (Wildman–Crippen LogP) is 21.1. The summed E-state index contributed by atoms with van der Waals surface area (Å²) in [7, 11) is 0. The van der Waals surface area contributed by atoms with Crippen molar-refractivity contribution < 1.29 is 36.9 Å². The Bertz CT molecular complexity index is 1560. The molecule has 0 fully saturated rings. The van der Waals surface area contributed by atoms with E-state index in [1.807, 2.05) is 6.08 Å². The zero-order valence-corrected chi connectivity index (χ0v) is 48.7. The lowest BCUT2D eigenvalue weighted by molar-refractivity contribution is -0.143. The molecule has 0 heterocycles. The molecule has 1 amide bonds. The molecule has 0 aromatic rings. The number of rotatable bonds is 62. The number of aliphatic hydroxyl groups is 2. The average molecular weight is 1050 g/mol. The van der Waals surface area contributed by atoms with Gasteiger partial charge >= 0.3 is 5.97 Å². The van der Waals surface area contributed by atoms with Crippen molar-refractivity contribution in [2.24, 2.45) is 0 Å². The highest BCUT2D eigenvalue weighted by molar-refractivity contribution is 5.76. The molecular formula is C68H129NO5. The Labute approximate surface area is 474 Å². The zero-order valence-electron chi connectivity index (χ0n) is 57.7. The number of nitrogens with one attached hydrogen (secondary N) is 1. The fourth-order valence-electron chi connectivity index (χ4n) is 9.85. The van der Waals surface area contributed by atoms with Crippen LogP contribution >= 0.6 is 0 Å². The molecule has 0 unspecified atom stereocenters. The molecule has 0 aliphatic rings. The van der Waals surface area contributed by atoms with E-state index in [9.17, 15) is 19.8 Å². The molecule has 0 saturated carbocycles. The van der Waals surface area contributed by atoms with Crippen LogP contribution in [-0.2, 0) is 14.3 Å². The van der Waals surface area contributed by atoms with E-state index < -0.39 is 38.1 Å². The van der Waals surface area contributed by atoms with Crippen LogP contribution < -0.4 is 5.32 Å². The molecule has 6 heteroatoms. The second-order valence-electron chi connectivity index (χ2n) is 21.9. The summed E-state index contributed by atoms with van der Waals surface area (Å²) in [6.07, 6.45) is 60.6. The number of hydrogen-bond donors (Lipinski definition) is 3. The third kappa shape index (κ3) is 59.3. The zero-order chi connectivity index (χ0) is 61.4. The van der Waals surface area contributed by atoms with E-state index in [2.05, 4.69) is 36.5 Å². The van der Waals surface area contributed by atoms with E-state index in [4.69, 9.17) is 17.1 Å². The average Bonchev–Trinajstić information content (AvgIpc) is 1.91. The van der Waals surface area contributed by atoms with Crippen LogP contribution in [0.25, 0.3) is 0 Å². The number of unbranched alkanes of at least 4 members (excludes halogenated alkanes) is 43. The Hall–Kier alpha value is -1.92. The molecule has 0 spiro atoms. The summed E-state index contributed by atoms with van der Waals surface area (Å²) in [6.45, 7) is -0.768. The van der Waals surface area contributed by atoms with Gasteiger partial charge < -0.3 is 20.3 Å². The molecule has 0 radical (unpaired) electrons. The fourth-order valence-corrected chi connectivity index (χ4v) is 9.85. The van der Waals surface area contributed by atoms with Gasteiger partial charge in [0.1, 0.15) is 0 Å². The van der Waals surface area contributed by atoms with Crippen molar-refractivity contribution in [2.75, 3.05) is 13.2 Å². The smallest absolute Gasteiger partial charge is 0.305 e. The Morgan fingerprint density at radius 3 is 1.24 bits per heavy atom. The second-order valence-corrected chi connectivity index (χ2v) is 21.9. The molecule has 6 nitrogen and oxygen atoms in total. The molecule has 0 aromatic heterocycles. The van der Waals surface area contributed by atoms with Crippen molar-refractivity contribution in [1.29, 1.82) is 0 Å². The molecule has 0 aliphatic heterocycles. The van der Waals surface area contributed by atoms with Gasteiger partial charge in [-0.2, -0.15) is 0 Å². The Morgan fingerprint density at radius 2 is 0.824 bits per heavy atom. The van der Waals surface area contributed by atoms with Crippen LogP contribution in [0.15, 0.2) is 36.5 Å². The van der Waals surface area contributed by atoms with Crippen molar-refractivity contribution in [1.82, 2.24) is 5.32 Å². The third-order valence-electron chi connectivity index (χ3n) is 14.8. The standard InChI is InChI=1S/C68H129NO5/c1-3-5-7-9-11-13-15-17-33-38-42-46-50-54-58-62-68(73)74-63-59-55-51-47-43-39-35-32-30-28-26-24-22-20-18-19-21-23-25-27-29-31-34-37-41-45-49-53-57-61-67(72)69-65(64-70)66(71)60-56-52-48-44-40-36-16-14-12-10-8-6-4-2/h11,13,17,33,56,60,65-66,70-71H,3-10,12,14-16,18-32,34-55,57-59,61-64H2,1-2H3,(H,69,72)/b13-11-,33-17-,60-56+/t65-,66+/m0/s1/i2D3,4D2,6D2,8D2. The third-order valence-corrected chi connectivity index (χ3v) is 14.8. The highest BCUT2D eigenvalue weighted by atomic mass is 16.5. The van der Waals surface area contributed by atoms with Crippen LogP contribution in [0.2, 0.25) is 0 Å². The minimum Gasteiger partial charge on any atom is -0.466 e. The monoisotopic (exact) mass is 1050 g/mol. The summed E-state index contributed by atoms with van der Waals surface area (Å²) in [5, 5.41) is 23.1.